The van der Waals surface area contributed by atoms with Gasteiger partial charge >= 0.3 is 0 Å². The van der Waals surface area contributed by atoms with E-state index in [0.717, 1.165) is 12.0 Å². The molecule has 2 aromatic carbocycles. The van der Waals surface area contributed by atoms with Crippen LogP contribution >= 0.6 is 0 Å². The Morgan fingerprint density at radius 1 is 0.966 bits per heavy atom. The summed E-state index contributed by atoms with van der Waals surface area (Å²) >= 11 is 0. The van der Waals surface area contributed by atoms with E-state index in [1.165, 1.54) is 4.31 Å². The largest absolute Gasteiger partial charge is 0.490 e. The van der Waals surface area contributed by atoms with E-state index in [1.807, 2.05) is 18.2 Å². The van der Waals surface area contributed by atoms with E-state index in [0.29, 0.717) is 63.0 Å². The fraction of sp³-hybridized carbons (Fsp3) is 0.381. The van der Waals surface area contributed by atoms with E-state index >= 15 is 0 Å². The fourth-order valence-corrected chi connectivity index (χ4v) is 5.02. The maximum absolute atomic E-state index is 13.1. The Morgan fingerprint density at radius 2 is 1.72 bits per heavy atom. The maximum atomic E-state index is 13.1. The second-order valence-electron chi connectivity index (χ2n) is 7.15. The first-order valence-corrected chi connectivity index (χ1v) is 11.1. The molecular weight excluding hydrogens is 390 g/mol. The molecule has 2 heterocycles. The van der Waals surface area contributed by atoms with Crippen LogP contribution in [0.15, 0.2) is 47.4 Å². The molecule has 0 amide bonds. The van der Waals surface area contributed by atoms with Crippen molar-refractivity contribution in [2.24, 2.45) is 0 Å². The van der Waals surface area contributed by atoms with Crippen LogP contribution in [-0.4, -0.2) is 57.0 Å². The zero-order chi connectivity index (χ0) is 20.3. The molecule has 29 heavy (non-hydrogen) atoms. The van der Waals surface area contributed by atoms with Crippen LogP contribution in [0.4, 0.5) is 0 Å². The molecule has 0 N–H and O–H groups in total. The quantitative estimate of drug-likeness (QED) is 0.764. The number of benzene rings is 2. The highest BCUT2D eigenvalue weighted by atomic mass is 32.2. The zero-order valence-electron chi connectivity index (χ0n) is 16.1. The van der Waals surface area contributed by atoms with Crippen LogP contribution in [0.1, 0.15) is 17.5 Å². The van der Waals surface area contributed by atoms with Crippen LogP contribution in [0.25, 0.3) is 0 Å². The van der Waals surface area contributed by atoms with Gasteiger partial charge in [0.25, 0.3) is 0 Å². The molecule has 0 aromatic heterocycles. The molecule has 0 bridgehead atoms. The Morgan fingerprint density at radius 3 is 2.48 bits per heavy atom. The third-order valence-corrected chi connectivity index (χ3v) is 7.04. The first kappa shape index (κ1) is 19.7. The van der Waals surface area contributed by atoms with Crippen molar-refractivity contribution in [2.45, 2.75) is 17.9 Å². The molecular formula is C21H23N3O4S. The van der Waals surface area contributed by atoms with Crippen LogP contribution < -0.4 is 9.47 Å². The van der Waals surface area contributed by atoms with E-state index in [4.69, 9.17) is 14.7 Å². The lowest BCUT2D eigenvalue weighted by Crippen LogP contribution is -2.48. The Kier molecular flexibility index (Phi) is 5.72. The van der Waals surface area contributed by atoms with Gasteiger partial charge in [-0.25, -0.2) is 8.42 Å². The average Bonchev–Trinajstić information content (AvgIpc) is 2.99. The molecule has 2 aromatic rings. The van der Waals surface area contributed by atoms with Crippen LogP contribution in [0.5, 0.6) is 11.5 Å². The zero-order valence-corrected chi connectivity index (χ0v) is 16.9. The number of hydrogen-bond acceptors (Lipinski definition) is 6. The van der Waals surface area contributed by atoms with Crippen molar-refractivity contribution in [3.8, 4) is 17.6 Å². The standard InChI is InChI=1S/C21H23N3O4S/c22-15-17-3-1-4-18(13-17)16-23-7-9-24(10-8-23)29(25,26)19-5-6-20-21(14-19)28-12-2-11-27-20/h1,3-6,13-14H,2,7-12,16H2. The summed E-state index contributed by atoms with van der Waals surface area (Å²) in [5.41, 5.74) is 1.70. The van der Waals surface area contributed by atoms with Crippen molar-refractivity contribution < 1.29 is 17.9 Å². The van der Waals surface area contributed by atoms with E-state index in [2.05, 4.69) is 11.0 Å². The average molecular weight is 413 g/mol. The van der Waals surface area contributed by atoms with Crippen molar-refractivity contribution >= 4 is 10.0 Å². The highest BCUT2D eigenvalue weighted by Crippen LogP contribution is 2.33. The second-order valence-corrected chi connectivity index (χ2v) is 9.09. The normalized spacial score (nSPS) is 18.0. The minimum absolute atomic E-state index is 0.233. The number of rotatable bonds is 4. The van der Waals surface area contributed by atoms with Crippen LogP contribution in [-0.2, 0) is 16.6 Å². The van der Waals surface area contributed by atoms with Gasteiger partial charge in [-0.15, -0.1) is 0 Å². The van der Waals surface area contributed by atoms with E-state index in [1.54, 1.807) is 24.3 Å². The Balaban J connectivity index is 1.42. The molecule has 1 fully saturated rings. The number of nitrogens with zero attached hydrogens (tertiary/aromatic N) is 3. The number of nitriles is 1. The van der Waals surface area contributed by atoms with Gasteiger partial charge in [-0.2, -0.15) is 9.57 Å². The van der Waals surface area contributed by atoms with Gasteiger partial charge in [-0.1, -0.05) is 12.1 Å². The molecule has 1 saturated heterocycles. The lowest BCUT2D eigenvalue weighted by molar-refractivity contribution is 0.181. The van der Waals surface area contributed by atoms with Crippen molar-refractivity contribution in [1.29, 1.82) is 5.26 Å². The highest BCUT2D eigenvalue weighted by molar-refractivity contribution is 7.89. The summed E-state index contributed by atoms with van der Waals surface area (Å²) in [6.45, 7) is 3.92. The molecule has 8 heteroatoms. The molecule has 0 saturated carbocycles. The van der Waals surface area contributed by atoms with Gasteiger partial charge in [0, 0.05) is 45.2 Å². The van der Waals surface area contributed by atoms with Crippen LogP contribution in [0.2, 0.25) is 0 Å². The van der Waals surface area contributed by atoms with E-state index in [-0.39, 0.29) is 4.90 Å². The Hall–Kier alpha value is -2.60. The summed E-state index contributed by atoms with van der Waals surface area (Å²) in [7, 11) is -3.59. The Labute approximate surface area is 171 Å². The first-order valence-electron chi connectivity index (χ1n) is 9.67. The molecule has 2 aliphatic heterocycles. The van der Waals surface area contributed by atoms with Crippen LogP contribution in [0, 0.1) is 11.3 Å². The van der Waals surface area contributed by atoms with E-state index in [9.17, 15) is 8.42 Å². The summed E-state index contributed by atoms with van der Waals surface area (Å²) in [5.74, 6) is 1.07. The molecule has 4 rings (SSSR count). The summed E-state index contributed by atoms with van der Waals surface area (Å²) in [6, 6.07) is 14.5. The topological polar surface area (TPSA) is 82.9 Å². The summed E-state index contributed by atoms with van der Waals surface area (Å²) in [5, 5.41) is 9.04. The number of sulfonamides is 1. The predicted octanol–water partition coefficient (Wildman–Crippen LogP) is 2.23. The predicted molar refractivity (Wildman–Crippen MR) is 107 cm³/mol. The van der Waals surface area contributed by atoms with Gasteiger partial charge in [0.1, 0.15) is 0 Å². The first-order chi connectivity index (χ1) is 14.1. The molecule has 0 aliphatic carbocycles. The summed E-state index contributed by atoms with van der Waals surface area (Å²) in [6.07, 6.45) is 0.774. The monoisotopic (exact) mass is 413 g/mol. The van der Waals surface area contributed by atoms with Crippen molar-refractivity contribution in [2.75, 3.05) is 39.4 Å². The molecule has 152 valence electrons. The van der Waals surface area contributed by atoms with Gasteiger partial charge in [-0.05, 0) is 29.8 Å². The Bertz CT molecular complexity index is 1020. The van der Waals surface area contributed by atoms with Gasteiger partial charge in [0.05, 0.1) is 29.7 Å². The maximum Gasteiger partial charge on any atom is 0.243 e. The lowest BCUT2D eigenvalue weighted by atomic mass is 10.1. The van der Waals surface area contributed by atoms with Gasteiger partial charge in [0.15, 0.2) is 11.5 Å². The van der Waals surface area contributed by atoms with Gasteiger partial charge < -0.3 is 9.47 Å². The number of hydrogen-bond donors (Lipinski definition) is 0. The SMILES string of the molecule is N#Cc1cccc(CN2CCN(S(=O)(=O)c3ccc4c(c3)OCCCO4)CC2)c1. The van der Waals surface area contributed by atoms with E-state index < -0.39 is 10.0 Å². The molecule has 2 aliphatic rings. The summed E-state index contributed by atoms with van der Waals surface area (Å²) in [4.78, 5) is 2.44. The van der Waals surface area contributed by atoms with Crippen molar-refractivity contribution in [3.05, 3.63) is 53.6 Å². The lowest BCUT2D eigenvalue weighted by Gasteiger charge is -2.34. The molecule has 0 spiro atoms. The molecule has 7 nitrogen and oxygen atoms in total. The number of piperazine rings is 1. The molecule has 0 atom stereocenters. The fourth-order valence-electron chi connectivity index (χ4n) is 3.58. The molecule has 0 unspecified atom stereocenters. The molecule has 0 radical (unpaired) electrons. The minimum atomic E-state index is -3.59. The minimum Gasteiger partial charge on any atom is -0.490 e. The van der Waals surface area contributed by atoms with Crippen LogP contribution in [0.3, 0.4) is 0 Å². The summed E-state index contributed by atoms with van der Waals surface area (Å²) < 4.78 is 38.9. The third kappa shape index (κ3) is 4.37. The second kappa shape index (κ2) is 8.41. The number of fused-ring (bicyclic) bond motifs is 1. The third-order valence-electron chi connectivity index (χ3n) is 5.15. The number of ether oxygens (including phenoxy) is 2. The van der Waals surface area contributed by atoms with Crippen molar-refractivity contribution in [1.82, 2.24) is 9.21 Å². The van der Waals surface area contributed by atoms with Gasteiger partial charge in [-0.3, -0.25) is 4.90 Å². The smallest absolute Gasteiger partial charge is 0.243 e. The van der Waals surface area contributed by atoms with Gasteiger partial charge in [0.2, 0.25) is 10.0 Å². The van der Waals surface area contributed by atoms with Crippen molar-refractivity contribution in [3.63, 3.8) is 0 Å². The highest BCUT2D eigenvalue weighted by Gasteiger charge is 2.29.